The summed E-state index contributed by atoms with van der Waals surface area (Å²) in [5, 5.41) is 5.66. The van der Waals surface area contributed by atoms with Gasteiger partial charge in [0.05, 0.1) is 6.54 Å². The number of nitrogens with one attached hydrogen (secondary N) is 2. The highest BCUT2D eigenvalue weighted by atomic mass is 19.1. The van der Waals surface area contributed by atoms with Crippen LogP contribution in [0.25, 0.3) is 0 Å². The number of halogens is 2. The third-order valence-electron chi connectivity index (χ3n) is 2.33. The van der Waals surface area contributed by atoms with E-state index in [-0.39, 0.29) is 18.5 Å². The first-order valence-electron chi connectivity index (χ1n) is 5.92. The van der Waals surface area contributed by atoms with E-state index in [1.54, 1.807) is 0 Å². The summed E-state index contributed by atoms with van der Waals surface area (Å²) in [5.74, 6) is -1.32. The zero-order valence-corrected chi connectivity index (χ0v) is 10.6. The van der Waals surface area contributed by atoms with Gasteiger partial charge in [0.1, 0.15) is 11.6 Å². The highest BCUT2D eigenvalue weighted by Crippen LogP contribution is 2.07. The fourth-order valence-electron chi connectivity index (χ4n) is 1.46. The lowest BCUT2D eigenvalue weighted by atomic mass is 10.1. The number of carbonyl (C=O) groups is 1. The molecule has 0 heterocycles. The van der Waals surface area contributed by atoms with E-state index >= 15 is 0 Å². The topological polar surface area (TPSA) is 41.1 Å². The molecule has 0 aliphatic rings. The molecule has 0 spiro atoms. The van der Waals surface area contributed by atoms with Crippen molar-refractivity contribution in [3.63, 3.8) is 0 Å². The van der Waals surface area contributed by atoms with E-state index < -0.39 is 11.6 Å². The van der Waals surface area contributed by atoms with Gasteiger partial charge in [-0.25, -0.2) is 8.78 Å². The molecule has 1 aromatic carbocycles. The number of carbonyl (C=O) groups excluding carboxylic acids is 1. The second kappa shape index (κ2) is 7.06. The van der Waals surface area contributed by atoms with Crippen molar-refractivity contribution in [2.75, 3.05) is 13.1 Å². The van der Waals surface area contributed by atoms with Crippen LogP contribution < -0.4 is 10.6 Å². The first-order valence-corrected chi connectivity index (χ1v) is 5.92. The third kappa shape index (κ3) is 5.72. The van der Waals surface area contributed by atoms with Crippen LogP contribution in [0.1, 0.15) is 19.4 Å². The molecule has 0 aliphatic heterocycles. The number of hydrogen-bond donors (Lipinski definition) is 2. The average Bonchev–Trinajstić information content (AvgIpc) is 2.25. The molecule has 3 nitrogen and oxygen atoms in total. The van der Waals surface area contributed by atoms with Crippen molar-refractivity contribution in [2.45, 2.75) is 26.3 Å². The molecule has 1 rings (SSSR count). The standard InChI is InChI=1S/C13H18F2N2O/c1-9(2)17-8-13(18)16-4-3-10-5-11(14)7-12(15)6-10/h5-7,9,17H,3-4,8H2,1-2H3,(H,16,18). The third-order valence-corrected chi connectivity index (χ3v) is 2.33. The van der Waals surface area contributed by atoms with Crippen molar-refractivity contribution in [3.8, 4) is 0 Å². The van der Waals surface area contributed by atoms with Crippen molar-refractivity contribution in [1.82, 2.24) is 10.6 Å². The Morgan fingerprint density at radius 3 is 2.39 bits per heavy atom. The van der Waals surface area contributed by atoms with Crippen molar-refractivity contribution in [1.29, 1.82) is 0 Å². The quantitative estimate of drug-likeness (QED) is 0.812. The maximum Gasteiger partial charge on any atom is 0.233 e. The largest absolute Gasteiger partial charge is 0.355 e. The van der Waals surface area contributed by atoms with E-state index in [1.807, 2.05) is 13.8 Å². The Balaban J connectivity index is 2.30. The van der Waals surface area contributed by atoms with Crippen molar-refractivity contribution < 1.29 is 13.6 Å². The van der Waals surface area contributed by atoms with Gasteiger partial charge in [-0.3, -0.25) is 4.79 Å². The summed E-state index contributed by atoms with van der Waals surface area (Å²) in [7, 11) is 0. The SMILES string of the molecule is CC(C)NCC(=O)NCCc1cc(F)cc(F)c1. The van der Waals surface area contributed by atoms with Gasteiger partial charge in [-0.15, -0.1) is 0 Å². The molecular formula is C13H18F2N2O. The molecule has 0 saturated carbocycles. The molecule has 0 unspecified atom stereocenters. The normalized spacial score (nSPS) is 10.7. The Kier molecular flexibility index (Phi) is 5.71. The van der Waals surface area contributed by atoms with Gasteiger partial charge in [-0.1, -0.05) is 13.8 Å². The van der Waals surface area contributed by atoms with Crippen LogP contribution in [0.3, 0.4) is 0 Å². The zero-order valence-electron chi connectivity index (χ0n) is 10.6. The van der Waals surface area contributed by atoms with Crippen LogP contribution in [0.4, 0.5) is 8.78 Å². The number of amides is 1. The highest BCUT2D eigenvalue weighted by molar-refractivity contribution is 5.77. The average molecular weight is 256 g/mol. The monoisotopic (exact) mass is 256 g/mol. The molecule has 0 atom stereocenters. The summed E-state index contributed by atoms with van der Waals surface area (Å²) in [4.78, 5) is 11.3. The van der Waals surface area contributed by atoms with Gasteiger partial charge in [0.15, 0.2) is 0 Å². The smallest absolute Gasteiger partial charge is 0.233 e. The summed E-state index contributed by atoms with van der Waals surface area (Å²) in [6.45, 7) is 4.50. The first kappa shape index (κ1) is 14.6. The molecule has 5 heteroatoms. The minimum atomic E-state index is -0.599. The van der Waals surface area contributed by atoms with Crippen molar-refractivity contribution in [3.05, 3.63) is 35.4 Å². The molecular weight excluding hydrogens is 238 g/mol. The molecule has 0 aliphatic carbocycles. The predicted molar refractivity (Wildman–Crippen MR) is 66.2 cm³/mol. The molecule has 0 aromatic heterocycles. The fourth-order valence-corrected chi connectivity index (χ4v) is 1.46. The van der Waals surface area contributed by atoms with Crippen LogP contribution in [-0.4, -0.2) is 25.0 Å². The molecule has 0 radical (unpaired) electrons. The summed E-state index contributed by atoms with van der Waals surface area (Å²) >= 11 is 0. The summed E-state index contributed by atoms with van der Waals surface area (Å²) in [5.41, 5.74) is 0.532. The van der Waals surface area contributed by atoms with Gasteiger partial charge in [0.2, 0.25) is 5.91 Å². The van der Waals surface area contributed by atoms with Crippen LogP contribution in [0.5, 0.6) is 0 Å². The number of hydrogen-bond acceptors (Lipinski definition) is 2. The fraction of sp³-hybridized carbons (Fsp3) is 0.462. The Labute approximate surface area is 106 Å². The van der Waals surface area contributed by atoms with Gasteiger partial charge in [-0.2, -0.15) is 0 Å². The maximum atomic E-state index is 12.9. The van der Waals surface area contributed by atoms with Gasteiger partial charge >= 0.3 is 0 Å². The van der Waals surface area contributed by atoms with Gasteiger partial charge in [-0.05, 0) is 24.1 Å². The Morgan fingerprint density at radius 1 is 1.22 bits per heavy atom. The lowest BCUT2D eigenvalue weighted by molar-refractivity contribution is -0.120. The second-order valence-electron chi connectivity index (χ2n) is 4.41. The van der Waals surface area contributed by atoms with Crippen LogP contribution in [-0.2, 0) is 11.2 Å². The Bertz CT molecular complexity index is 388. The van der Waals surface area contributed by atoms with Crippen LogP contribution in [0, 0.1) is 11.6 Å². The molecule has 0 bridgehead atoms. The molecule has 1 aromatic rings. The van der Waals surface area contributed by atoms with Gasteiger partial charge < -0.3 is 10.6 Å². The van der Waals surface area contributed by atoms with E-state index in [9.17, 15) is 13.6 Å². The highest BCUT2D eigenvalue weighted by Gasteiger charge is 2.03. The Hall–Kier alpha value is -1.49. The first-order chi connectivity index (χ1) is 8.47. The predicted octanol–water partition coefficient (Wildman–Crippen LogP) is 1.62. The van der Waals surface area contributed by atoms with E-state index in [0.717, 1.165) is 6.07 Å². The second-order valence-corrected chi connectivity index (χ2v) is 4.41. The van der Waals surface area contributed by atoms with Gasteiger partial charge in [0, 0.05) is 18.7 Å². The molecule has 2 N–H and O–H groups in total. The van der Waals surface area contributed by atoms with E-state index in [4.69, 9.17) is 0 Å². The van der Waals surface area contributed by atoms with Crippen LogP contribution in [0.2, 0.25) is 0 Å². The molecule has 0 saturated heterocycles. The molecule has 100 valence electrons. The lowest BCUT2D eigenvalue weighted by Crippen LogP contribution is -2.37. The Morgan fingerprint density at radius 2 is 1.83 bits per heavy atom. The molecule has 18 heavy (non-hydrogen) atoms. The van der Waals surface area contributed by atoms with Gasteiger partial charge in [0.25, 0.3) is 0 Å². The summed E-state index contributed by atoms with van der Waals surface area (Å²) in [6.07, 6.45) is 0.405. The minimum Gasteiger partial charge on any atom is -0.355 e. The van der Waals surface area contributed by atoms with Crippen LogP contribution in [0.15, 0.2) is 18.2 Å². The molecule has 0 fully saturated rings. The number of benzene rings is 1. The van der Waals surface area contributed by atoms with E-state index in [2.05, 4.69) is 10.6 Å². The maximum absolute atomic E-state index is 12.9. The van der Waals surface area contributed by atoms with Crippen molar-refractivity contribution >= 4 is 5.91 Å². The van der Waals surface area contributed by atoms with Crippen molar-refractivity contribution in [2.24, 2.45) is 0 Å². The summed E-state index contributed by atoms with van der Waals surface area (Å²) < 4.78 is 25.8. The molecule has 1 amide bonds. The van der Waals surface area contributed by atoms with Crippen LogP contribution >= 0.6 is 0 Å². The minimum absolute atomic E-state index is 0.124. The summed E-state index contributed by atoms with van der Waals surface area (Å²) in [6, 6.07) is 3.60. The lowest BCUT2D eigenvalue weighted by Gasteiger charge is -2.09. The van der Waals surface area contributed by atoms with E-state index in [1.165, 1.54) is 12.1 Å². The van der Waals surface area contributed by atoms with E-state index in [0.29, 0.717) is 18.5 Å². The zero-order chi connectivity index (χ0) is 13.5. The number of rotatable bonds is 6.